The molecule has 4 aromatic heterocycles. The van der Waals surface area contributed by atoms with E-state index < -0.39 is 17.6 Å². The summed E-state index contributed by atoms with van der Waals surface area (Å²) in [6, 6.07) is 12.7. The fourth-order valence-corrected chi connectivity index (χ4v) is 5.28. The second-order valence-electron chi connectivity index (χ2n) is 10.7. The number of methoxy groups -OCH3 is 1. The molecule has 0 amide bonds. The van der Waals surface area contributed by atoms with Crippen molar-refractivity contribution in [3.8, 4) is 12.0 Å². The van der Waals surface area contributed by atoms with Crippen molar-refractivity contribution in [2.24, 2.45) is 0 Å². The van der Waals surface area contributed by atoms with Gasteiger partial charge in [0.2, 0.25) is 0 Å². The second kappa shape index (κ2) is 15.2. The van der Waals surface area contributed by atoms with Crippen LogP contribution in [0.25, 0.3) is 22.3 Å². The molecule has 0 aliphatic heterocycles. The Balaban J connectivity index is 1.02. The Hall–Kier alpha value is -6.12. The van der Waals surface area contributed by atoms with Crippen LogP contribution in [0.5, 0.6) is 12.0 Å². The first-order chi connectivity index (χ1) is 24.6. The Bertz CT molecular complexity index is 2270. The van der Waals surface area contributed by atoms with Gasteiger partial charge < -0.3 is 35.8 Å². The van der Waals surface area contributed by atoms with Gasteiger partial charge >= 0.3 is 29.6 Å². The van der Waals surface area contributed by atoms with Crippen LogP contribution in [0.2, 0.25) is 0 Å². The minimum Gasteiger partial charge on any atom is -0.478 e. The van der Waals surface area contributed by atoms with Crippen LogP contribution in [0.15, 0.2) is 58.1 Å². The number of carbonyl (C=O) groups excluding carboxylic acids is 1. The van der Waals surface area contributed by atoms with Crippen LogP contribution in [0.1, 0.15) is 31.8 Å². The summed E-state index contributed by atoms with van der Waals surface area (Å²) in [7, 11) is 1.56. The highest BCUT2D eigenvalue weighted by Gasteiger charge is 2.18. The first kappa shape index (κ1) is 34.7. The zero-order chi connectivity index (χ0) is 36.1. The number of nitrogens with two attached hydrogens (primary N) is 2. The van der Waals surface area contributed by atoms with E-state index in [1.54, 1.807) is 48.1 Å². The number of carboxylic acid groups (broad SMARTS) is 1. The maximum atomic E-state index is 12.6. The number of hydrogen-bond acceptors (Lipinski definition) is 15. The van der Waals surface area contributed by atoms with Gasteiger partial charge in [0.05, 0.1) is 30.8 Å². The number of imidazole rings is 2. The van der Waals surface area contributed by atoms with E-state index in [4.69, 9.17) is 40.6 Å². The summed E-state index contributed by atoms with van der Waals surface area (Å²) in [5.41, 5.74) is 14.7. The monoisotopic (exact) mass is 764 g/mol. The number of nitrogen functional groups attached to an aromatic ring is 2. The Morgan fingerprint density at radius 2 is 1.37 bits per heavy atom. The van der Waals surface area contributed by atoms with Crippen molar-refractivity contribution in [3.05, 3.63) is 86.0 Å². The van der Waals surface area contributed by atoms with E-state index in [1.807, 2.05) is 0 Å². The molecule has 4 heterocycles. The third-order valence-electron chi connectivity index (χ3n) is 7.31. The molecule has 0 unspecified atom stereocenters. The first-order valence-electron chi connectivity index (χ1n) is 15.1. The molecule has 0 saturated heterocycles. The van der Waals surface area contributed by atoms with Gasteiger partial charge in [0.25, 0.3) is 0 Å². The number of anilines is 2. The minimum atomic E-state index is -1.06. The number of hydrogen-bond donors (Lipinski definition) is 4. The predicted octanol–water partition coefficient (Wildman–Crippen LogP) is 2.17. The molecule has 0 aliphatic carbocycles. The Morgan fingerprint density at radius 1 is 0.784 bits per heavy atom. The standard InChI is InChI=1S/C31H29BrN10O9/c1-47-10-11-48-29-37-22(33)20-24(39-29)41(28(32)35-20)14-16-4-8-19(9-5-16)27(45)51-50-13-12-49-30-38-23(34)21-25(40-30)42(31(46)36-21)15-17-2-6-18(7-3-17)26(43)44/h2-9H,10-15H2,1H3,(H,36,46)(H,43,44)(H2,33,37,39)(H2,34,38,40). The highest BCUT2D eigenvalue weighted by atomic mass is 79.9. The maximum Gasteiger partial charge on any atom is 0.373 e. The summed E-state index contributed by atoms with van der Waals surface area (Å²) < 4.78 is 19.6. The molecule has 6 N–H and O–H groups in total. The second-order valence-corrected chi connectivity index (χ2v) is 11.4. The average molecular weight is 766 g/mol. The number of rotatable bonds is 15. The fourth-order valence-electron chi connectivity index (χ4n) is 4.81. The van der Waals surface area contributed by atoms with Crippen molar-refractivity contribution in [2.75, 3.05) is 45.0 Å². The molecule has 0 radical (unpaired) electrons. The molecule has 0 fully saturated rings. The lowest BCUT2D eigenvalue weighted by Gasteiger charge is -2.09. The van der Waals surface area contributed by atoms with Crippen molar-refractivity contribution in [1.29, 1.82) is 0 Å². The smallest absolute Gasteiger partial charge is 0.373 e. The molecular formula is C31H29BrN10O9. The molecule has 20 heteroatoms. The highest BCUT2D eigenvalue weighted by molar-refractivity contribution is 9.10. The maximum absolute atomic E-state index is 12.6. The van der Waals surface area contributed by atoms with Crippen LogP contribution in [0, 0.1) is 0 Å². The van der Waals surface area contributed by atoms with Crippen LogP contribution in [0.3, 0.4) is 0 Å². The number of ether oxygens (including phenoxy) is 3. The van der Waals surface area contributed by atoms with Crippen LogP contribution in [0.4, 0.5) is 11.6 Å². The Morgan fingerprint density at radius 3 is 2.02 bits per heavy atom. The summed E-state index contributed by atoms with van der Waals surface area (Å²) in [5, 5.41) is 9.12. The van der Waals surface area contributed by atoms with Gasteiger partial charge in [0.1, 0.15) is 25.3 Å². The zero-order valence-electron chi connectivity index (χ0n) is 26.7. The third-order valence-corrected chi connectivity index (χ3v) is 7.91. The first-order valence-corrected chi connectivity index (χ1v) is 15.9. The number of halogens is 1. The van der Waals surface area contributed by atoms with E-state index >= 15 is 0 Å². The van der Waals surface area contributed by atoms with E-state index in [9.17, 15) is 14.4 Å². The van der Waals surface area contributed by atoms with Gasteiger partial charge in [-0.25, -0.2) is 19.4 Å². The molecular weight excluding hydrogens is 736 g/mol. The molecule has 264 valence electrons. The van der Waals surface area contributed by atoms with Gasteiger partial charge in [-0.05, 0) is 51.3 Å². The Labute approximate surface area is 295 Å². The molecule has 51 heavy (non-hydrogen) atoms. The minimum absolute atomic E-state index is 0.0226. The molecule has 0 atom stereocenters. The SMILES string of the molecule is COCCOc1nc(N)c2nc(Br)n(Cc3ccc(C(=O)OOCCOc4nc(N)c5[nH]c(=O)n(Cc6ccc(C(=O)O)cc6)c5n4)cc3)c2n1. The molecule has 19 nitrogen and oxygen atoms in total. The average Bonchev–Trinajstić information content (AvgIpc) is 3.60. The zero-order valence-corrected chi connectivity index (χ0v) is 28.3. The van der Waals surface area contributed by atoms with E-state index in [-0.39, 0.29) is 72.3 Å². The summed E-state index contributed by atoms with van der Waals surface area (Å²) in [6.45, 7) is 0.735. The van der Waals surface area contributed by atoms with Crippen molar-refractivity contribution in [3.63, 3.8) is 0 Å². The molecule has 6 aromatic rings. The number of aromatic carboxylic acids is 1. The van der Waals surface area contributed by atoms with E-state index in [1.165, 1.54) is 16.7 Å². The molecule has 0 spiro atoms. The van der Waals surface area contributed by atoms with E-state index in [0.717, 1.165) is 5.56 Å². The van der Waals surface area contributed by atoms with Crippen molar-refractivity contribution < 1.29 is 38.7 Å². The normalized spacial score (nSPS) is 11.3. The molecule has 2 aromatic carbocycles. The van der Waals surface area contributed by atoms with Crippen molar-refractivity contribution >= 4 is 61.8 Å². The molecule has 0 bridgehead atoms. The van der Waals surface area contributed by atoms with E-state index in [2.05, 4.69) is 45.8 Å². The number of fused-ring (bicyclic) bond motifs is 2. The topological polar surface area (TPSA) is 260 Å². The molecule has 6 rings (SSSR count). The van der Waals surface area contributed by atoms with Crippen LogP contribution >= 0.6 is 15.9 Å². The van der Waals surface area contributed by atoms with E-state index in [0.29, 0.717) is 34.6 Å². The van der Waals surface area contributed by atoms with Gasteiger partial charge in [-0.3, -0.25) is 14.0 Å². The number of benzene rings is 2. The van der Waals surface area contributed by atoms with Gasteiger partial charge in [0.15, 0.2) is 33.2 Å². The van der Waals surface area contributed by atoms with Crippen molar-refractivity contribution in [1.82, 2.24) is 39.0 Å². The Kier molecular flexibility index (Phi) is 10.3. The van der Waals surface area contributed by atoms with Crippen molar-refractivity contribution in [2.45, 2.75) is 13.1 Å². The number of H-pyrrole nitrogens is 1. The quantitative estimate of drug-likeness (QED) is 0.0505. The summed E-state index contributed by atoms with van der Waals surface area (Å²) in [5.74, 6) is -1.65. The van der Waals surface area contributed by atoms with Gasteiger partial charge in [-0.15, -0.1) is 0 Å². The predicted molar refractivity (Wildman–Crippen MR) is 182 cm³/mol. The van der Waals surface area contributed by atoms with Gasteiger partial charge in [0, 0.05) is 7.11 Å². The third kappa shape index (κ3) is 7.87. The molecule has 0 saturated carbocycles. The lowest BCUT2D eigenvalue weighted by Crippen LogP contribution is -2.18. The number of aromatic nitrogens is 8. The number of carboxylic acids is 1. The summed E-state index contributed by atoms with van der Waals surface area (Å²) in [6.07, 6.45) is 0. The summed E-state index contributed by atoms with van der Waals surface area (Å²) in [4.78, 5) is 70.2. The van der Waals surface area contributed by atoms with Gasteiger partial charge in [-0.2, -0.15) is 24.8 Å². The largest absolute Gasteiger partial charge is 0.478 e. The summed E-state index contributed by atoms with van der Waals surface area (Å²) >= 11 is 3.44. The number of aromatic amines is 1. The number of carbonyl (C=O) groups is 2. The lowest BCUT2D eigenvalue weighted by atomic mass is 10.1. The van der Waals surface area contributed by atoms with Crippen LogP contribution in [-0.4, -0.2) is 89.6 Å². The lowest BCUT2D eigenvalue weighted by molar-refractivity contribution is -0.244. The number of nitrogens with zero attached hydrogens (tertiary/aromatic N) is 7. The highest BCUT2D eigenvalue weighted by Crippen LogP contribution is 2.26. The van der Waals surface area contributed by atoms with Crippen LogP contribution < -0.4 is 26.6 Å². The fraction of sp³-hybridized carbons (Fsp3) is 0.226. The van der Waals surface area contributed by atoms with Gasteiger partial charge in [-0.1, -0.05) is 24.3 Å². The van der Waals surface area contributed by atoms with Crippen LogP contribution in [-0.2, 0) is 27.6 Å². The number of nitrogens with one attached hydrogen (secondary N) is 1. The molecule has 0 aliphatic rings.